The lowest BCUT2D eigenvalue weighted by Crippen LogP contribution is -2.46. The molecule has 0 aliphatic rings. The van der Waals surface area contributed by atoms with E-state index in [9.17, 15) is 14.4 Å². The SMILES string of the molecule is Cc1cc(OCC(=O)O[C@@H](C)C(=O)NC(=O)NC(C)C)c(C(C)C)cc1Cl. The zero-order chi connectivity index (χ0) is 20.7. The number of hydrogen-bond donors (Lipinski definition) is 2. The minimum atomic E-state index is -1.13. The molecule has 0 aromatic heterocycles. The smallest absolute Gasteiger partial charge is 0.344 e. The van der Waals surface area contributed by atoms with Crippen LogP contribution in [0.1, 0.15) is 51.7 Å². The van der Waals surface area contributed by atoms with Crippen molar-refractivity contribution in [2.75, 3.05) is 6.61 Å². The van der Waals surface area contributed by atoms with E-state index in [1.807, 2.05) is 26.8 Å². The highest BCUT2D eigenvalue weighted by atomic mass is 35.5. The van der Waals surface area contributed by atoms with Crippen LogP contribution in [-0.4, -0.2) is 36.7 Å². The van der Waals surface area contributed by atoms with E-state index in [4.69, 9.17) is 21.1 Å². The fraction of sp³-hybridized carbons (Fsp3) is 0.526. The van der Waals surface area contributed by atoms with Crippen molar-refractivity contribution in [2.45, 2.75) is 59.6 Å². The molecule has 0 aliphatic heterocycles. The second-order valence-electron chi connectivity index (χ2n) is 6.83. The molecule has 0 aliphatic carbocycles. The van der Waals surface area contributed by atoms with Crippen LogP contribution in [0.15, 0.2) is 12.1 Å². The zero-order valence-corrected chi connectivity index (χ0v) is 17.3. The first-order valence-electron chi connectivity index (χ1n) is 8.75. The molecular weight excluding hydrogens is 372 g/mol. The number of nitrogens with one attached hydrogen (secondary N) is 2. The molecule has 0 spiro atoms. The van der Waals surface area contributed by atoms with Crippen LogP contribution in [0.4, 0.5) is 4.79 Å². The summed E-state index contributed by atoms with van der Waals surface area (Å²) in [5.74, 6) is -0.744. The molecule has 0 saturated heterocycles. The van der Waals surface area contributed by atoms with Crippen molar-refractivity contribution >= 4 is 29.5 Å². The Balaban J connectivity index is 2.62. The van der Waals surface area contributed by atoms with Crippen molar-refractivity contribution in [1.29, 1.82) is 0 Å². The summed E-state index contributed by atoms with van der Waals surface area (Å²) in [6.07, 6.45) is -1.13. The number of urea groups is 1. The number of carbonyl (C=O) groups excluding carboxylic acids is 3. The van der Waals surface area contributed by atoms with E-state index in [0.29, 0.717) is 10.8 Å². The van der Waals surface area contributed by atoms with Gasteiger partial charge in [0, 0.05) is 11.1 Å². The maximum Gasteiger partial charge on any atom is 0.344 e. The summed E-state index contributed by atoms with van der Waals surface area (Å²) in [6.45, 7) is 10.3. The Bertz CT molecular complexity index is 704. The topological polar surface area (TPSA) is 93.7 Å². The number of esters is 1. The maximum atomic E-state index is 12.0. The number of imide groups is 1. The Labute approximate surface area is 164 Å². The van der Waals surface area contributed by atoms with Crippen molar-refractivity contribution in [3.05, 3.63) is 28.3 Å². The molecule has 27 heavy (non-hydrogen) atoms. The van der Waals surface area contributed by atoms with Crippen LogP contribution in [0.25, 0.3) is 0 Å². The molecule has 0 bridgehead atoms. The molecule has 1 rings (SSSR count). The van der Waals surface area contributed by atoms with Crippen molar-refractivity contribution in [2.24, 2.45) is 0 Å². The van der Waals surface area contributed by atoms with Crippen LogP contribution in [0.5, 0.6) is 5.75 Å². The minimum absolute atomic E-state index is 0.123. The fourth-order valence-electron chi connectivity index (χ4n) is 2.18. The summed E-state index contributed by atoms with van der Waals surface area (Å²) < 4.78 is 10.6. The second kappa shape index (κ2) is 10.2. The minimum Gasteiger partial charge on any atom is -0.482 e. The van der Waals surface area contributed by atoms with Crippen LogP contribution < -0.4 is 15.4 Å². The third-order valence-electron chi connectivity index (χ3n) is 3.59. The maximum absolute atomic E-state index is 12.0. The number of rotatable bonds is 7. The summed E-state index contributed by atoms with van der Waals surface area (Å²) in [4.78, 5) is 35.3. The molecule has 0 heterocycles. The predicted octanol–water partition coefficient (Wildman–Crippen LogP) is 3.32. The third kappa shape index (κ3) is 7.46. The van der Waals surface area contributed by atoms with Gasteiger partial charge in [-0.05, 0) is 56.9 Å². The molecule has 150 valence electrons. The lowest BCUT2D eigenvalue weighted by atomic mass is 10.0. The van der Waals surface area contributed by atoms with E-state index in [1.54, 1.807) is 19.9 Å². The van der Waals surface area contributed by atoms with Gasteiger partial charge in [0.05, 0.1) is 0 Å². The standard InChI is InChI=1S/C19H27ClN2O5/c1-10(2)14-8-15(20)12(5)7-16(14)26-9-17(23)27-13(6)18(24)22-19(25)21-11(3)4/h7-8,10-11,13H,9H2,1-6H3,(H2,21,22,24,25)/t13-/m0/s1. The van der Waals surface area contributed by atoms with Gasteiger partial charge in [-0.1, -0.05) is 25.4 Å². The van der Waals surface area contributed by atoms with E-state index in [1.165, 1.54) is 6.92 Å². The van der Waals surface area contributed by atoms with Crippen molar-refractivity contribution in [3.8, 4) is 5.75 Å². The number of aryl methyl sites for hydroxylation is 1. The van der Waals surface area contributed by atoms with Gasteiger partial charge < -0.3 is 14.8 Å². The third-order valence-corrected chi connectivity index (χ3v) is 4.00. The lowest BCUT2D eigenvalue weighted by Gasteiger charge is -2.17. The fourth-order valence-corrected chi connectivity index (χ4v) is 2.35. The van der Waals surface area contributed by atoms with Crippen molar-refractivity contribution < 1.29 is 23.9 Å². The highest BCUT2D eigenvalue weighted by Crippen LogP contribution is 2.31. The quantitative estimate of drug-likeness (QED) is 0.687. The largest absolute Gasteiger partial charge is 0.482 e. The zero-order valence-electron chi connectivity index (χ0n) is 16.5. The van der Waals surface area contributed by atoms with E-state index < -0.39 is 24.0 Å². The van der Waals surface area contributed by atoms with Crippen LogP contribution >= 0.6 is 11.6 Å². The molecule has 0 fully saturated rings. The molecule has 0 unspecified atom stereocenters. The molecule has 7 nitrogen and oxygen atoms in total. The summed E-state index contributed by atoms with van der Waals surface area (Å²) >= 11 is 6.14. The van der Waals surface area contributed by atoms with Gasteiger partial charge in [-0.15, -0.1) is 0 Å². The van der Waals surface area contributed by atoms with Crippen molar-refractivity contribution in [1.82, 2.24) is 10.6 Å². The Morgan fingerprint density at radius 1 is 1.11 bits per heavy atom. The number of ether oxygens (including phenoxy) is 2. The van der Waals surface area contributed by atoms with Crippen LogP contribution in [0, 0.1) is 6.92 Å². The normalized spacial score (nSPS) is 11.9. The van der Waals surface area contributed by atoms with Gasteiger partial charge in [-0.25, -0.2) is 9.59 Å². The lowest BCUT2D eigenvalue weighted by molar-refractivity contribution is -0.156. The monoisotopic (exact) mass is 398 g/mol. The summed E-state index contributed by atoms with van der Waals surface area (Å²) in [6, 6.07) is 2.80. The molecule has 2 N–H and O–H groups in total. The Morgan fingerprint density at radius 3 is 2.30 bits per heavy atom. The van der Waals surface area contributed by atoms with Gasteiger partial charge in [0.15, 0.2) is 12.7 Å². The van der Waals surface area contributed by atoms with Crippen LogP contribution in [0.3, 0.4) is 0 Å². The molecule has 0 radical (unpaired) electrons. The Kier molecular flexibility index (Phi) is 8.56. The number of amides is 3. The second-order valence-corrected chi connectivity index (χ2v) is 7.24. The first-order chi connectivity index (χ1) is 12.5. The first kappa shape index (κ1) is 22.8. The summed E-state index contributed by atoms with van der Waals surface area (Å²) in [5, 5.41) is 5.24. The Morgan fingerprint density at radius 2 is 1.74 bits per heavy atom. The van der Waals surface area contributed by atoms with Crippen LogP contribution in [0.2, 0.25) is 5.02 Å². The van der Waals surface area contributed by atoms with E-state index in [2.05, 4.69) is 10.6 Å². The summed E-state index contributed by atoms with van der Waals surface area (Å²) in [7, 11) is 0. The number of benzene rings is 1. The average Bonchev–Trinajstić information content (AvgIpc) is 2.54. The average molecular weight is 399 g/mol. The molecule has 1 atom stereocenters. The van der Waals surface area contributed by atoms with Gasteiger partial charge in [-0.3, -0.25) is 10.1 Å². The van der Waals surface area contributed by atoms with Gasteiger partial charge in [0.25, 0.3) is 5.91 Å². The van der Waals surface area contributed by atoms with Crippen molar-refractivity contribution in [3.63, 3.8) is 0 Å². The molecule has 8 heteroatoms. The van der Waals surface area contributed by atoms with Gasteiger partial charge in [-0.2, -0.15) is 0 Å². The van der Waals surface area contributed by atoms with Gasteiger partial charge >= 0.3 is 12.0 Å². The van der Waals surface area contributed by atoms with E-state index in [-0.39, 0.29) is 18.6 Å². The summed E-state index contributed by atoms with van der Waals surface area (Å²) in [5.41, 5.74) is 1.70. The molecular formula is C19H27ClN2O5. The van der Waals surface area contributed by atoms with Gasteiger partial charge in [0.1, 0.15) is 5.75 Å². The Hall–Kier alpha value is -2.28. The van der Waals surface area contributed by atoms with E-state index in [0.717, 1.165) is 11.1 Å². The molecule has 3 amide bonds. The van der Waals surface area contributed by atoms with Gasteiger partial charge in [0.2, 0.25) is 0 Å². The molecule has 0 saturated carbocycles. The van der Waals surface area contributed by atoms with E-state index >= 15 is 0 Å². The number of carbonyl (C=O) groups is 3. The predicted molar refractivity (Wildman–Crippen MR) is 103 cm³/mol. The first-order valence-corrected chi connectivity index (χ1v) is 9.12. The molecule has 1 aromatic carbocycles. The van der Waals surface area contributed by atoms with Crippen LogP contribution in [-0.2, 0) is 14.3 Å². The number of halogens is 1. The highest BCUT2D eigenvalue weighted by Gasteiger charge is 2.21. The number of hydrogen-bond acceptors (Lipinski definition) is 5. The molecule has 1 aromatic rings. The highest BCUT2D eigenvalue weighted by molar-refractivity contribution is 6.31.